The molecule has 23 heavy (non-hydrogen) atoms. The highest BCUT2D eigenvalue weighted by atomic mass is 35.5. The minimum Gasteiger partial charge on any atom is -0.489 e. The van der Waals surface area contributed by atoms with E-state index in [4.69, 9.17) is 27.9 Å². The average molecular weight is 382 g/mol. The van der Waals surface area contributed by atoms with E-state index in [9.17, 15) is 17.2 Å². The van der Waals surface area contributed by atoms with Crippen LogP contribution in [-0.4, -0.2) is 21.6 Å². The molecule has 0 aromatic heterocycles. The Balaban J connectivity index is 1.93. The van der Waals surface area contributed by atoms with Crippen LogP contribution in [0.5, 0.6) is 5.75 Å². The lowest BCUT2D eigenvalue weighted by atomic mass is 10.3. The Labute approximate surface area is 142 Å². The van der Waals surface area contributed by atoms with Gasteiger partial charge in [0.25, 0.3) is 0 Å². The van der Waals surface area contributed by atoms with Crippen molar-refractivity contribution in [1.29, 1.82) is 0 Å². The van der Waals surface area contributed by atoms with E-state index in [0.29, 0.717) is 6.07 Å². The van der Waals surface area contributed by atoms with Gasteiger partial charge in [0.1, 0.15) is 12.4 Å². The molecule has 0 unspecified atom stereocenters. The largest absolute Gasteiger partial charge is 0.489 e. The fourth-order valence-electron chi connectivity index (χ4n) is 1.66. The quantitative estimate of drug-likeness (QED) is 0.777. The van der Waals surface area contributed by atoms with Crippen molar-refractivity contribution in [3.05, 3.63) is 58.1 Å². The molecule has 1 N–H and O–H groups in total. The summed E-state index contributed by atoms with van der Waals surface area (Å²) >= 11 is 11.5. The Morgan fingerprint density at radius 3 is 2.43 bits per heavy atom. The predicted octanol–water partition coefficient (Wildman–Crippen LogP) is 3.63. The minimum absolute atomic E-state index is 0.0557. The van der Waals surface area contributed by atoms with Crippen molar-refractivity contribution in [2.75, 3.05) is 13.2 Å². The molecule has 0 fully saturated rings. The Morgan fingerprint density at radius 2 is 1.78 bits per heavy atom. The van der Waals surface area contributed by atoms with Crippen LogP contribution < -0.4 is 9.46 Å². The third-order valence-corrected chi connectivity index (χ3v) is 4.94. The molecule has 0 spiro atoms. The first-order valence-electron chi connectivity index (χ1n) is 6.32. The van der Waals surface area contributed by atoms with Crippen LogP contribution in [0, 0.1) is 11.6 Å². The van der Waals surface area contributed by atoms with Gasteiger partial charge in [0.05, 0.1) is 14.9 Å². The van der Waals surface area contributed by atoms with Gasteiger partial charge in [-0.05, 0) is 30.3 Å². The Kier molecular flexibility index (Phi) is 5.80. The number of hydrogen-bond donors (Lipinski definition) is 1. The lowest BCUT2D eigenvalue weighted by Gasteiger charge is -2.09. The number of ether oxygens (including phenoxy) is 1. The van der Waals surface area contributed by atoms with Gasteiger partial charge in [0.15, 0.2) is 11.6 Å². The van der Waals surface area contributed by atoms with Crippen LogP contribution >= 0.6 is 23.2 Å². The highest BCUT2D eigenvalue weighted by Gasteiger charge is 2.15. The number of nitrogens with one attached hydrogen (secondary N) is 1. The van der Waals surface area contributed by atoms with Crippen molar-refractivity contribution in [2.45, 2.75) is 4.90 Å². The number of benzene rings is 2. The fourth-order valence-corrected chi connectivity index (χ4v) is 3.06. The summed E-state index contributed by atoms with van der Waals surface area (Å²) in [5.41, 5.74) is 0. The SMILES string of the molecule is O=S(=O)(NCCOc1ccc(F)cc1F)c1ccc(Cl)c(Cl)c1. The minimum atomic E-state index is -3.80. The monoisotopic (exact) mass is 381 g/mol. The summed E-state index contributed by atoms with van der Waals surface area (Å²) < 4.78 is 57.4. The van der Waals surface area contributed by atoms with E-state index in [1.807, 2.05) is 0 Å². The second-order valence-electron chi connectivity index (χ2n) is 4.40. The topological polar surface area (TPSA) is 55.4 Å². The van der Waals surface area contributed by atoms with E-state index >= 15 is 0 Å². The normalized spacial score (nSPS) is 11.5. The van der Waals surface area contributed by atoms with Crippen LogP contribution in [0.4, 0.5) is 8.78 Å². The highest BCUT2D eigenvalue weighted by Crippen LogP contribution is 2.24. The Hall–Kier alpha value is -1.41. The van der Waals surface area contributed by atoms with Crippen LogP contribution in [0.3, 0.4) is 0 Å². The molecule has 0 saturated carbocycles. The van der Waals surface area contributed by atoms with Crippen molar-refractivity contribution in [3.63, 3.8) is 0 Å². The van der Waals surface area contributed by atoms with Gasteiger partial charge in [0, 0.05) is 12.6 Å². The summed E-state index contributed by atoms with van der Waals surface area (Å²) in [6, 6.07) is 6.72. The highest BCUT2D eigenvalue weighted by molar-refractivity contribution is 7.89. The molecule has 9 heteroatoms. The standard InChI is InChI=1S/C14H11Cl2F2NO3S/c15-11-3-2-10(8-12(11)16)23(20,21)19-5-6-22-14-4-1-9(17)7-13(14)18/h1-4,7-8,19H,5-6H2. The van der Waals surface area contributed by atoms with E-state index in [1.165, 1.54) is 18.2 Å². The zero-order valence-corrected chi connectivity index (χ0v) is 13.9. The summed E-state index contributed by atoms with van der Waals surface area (Å²) in [7, 11) is -3.80. The number of rotatable bonds is 6. The molecule has 0 aliphatic heterocycles. The van der Waals surface area contributed by atoms with Gasteiger partial charge in [-0.25, -0.2) is 21.9 Å². The van der Waals surface area contributed by atoms with E-state index in [2.05, 4.69) is 4.72 Å². The number of hydrogen-bond acceptors (Lipinski definition) is 3. The lowest BCUT2D eigenvalue weighted by molar-refractivity contribution is 0.305. The molecule has 4 nitrogen and oxygen atoms in total. The van der Waals surface area contributed by atoms with Crippen molar-refractivity contribution in [3.8, 4) is 5.75 Å². The van der Waals surface area contributed by atoms with Gasteiger partial charge in [-0.2, -0.15) is 0 Å². The molecule has 0 aliphatic carbocycles. The molecular weight excluding hydrogens is 371 g/mol. The molecule has 0 amide bonds. The van der Waals surface area contributed by atoms with Gasteiger partial charge < -0.3 is 4.74 Å². The first-order valence-corrected chi connectivity index (χ1v) is 8.56. The maximum absolute atomic E-state index is 13.3. The van der Waals surface area contributed by atoms with Gasteiger partial charge in [-0.1, -0.05) is 23.2 Å². The van der Waals surface area contributed by atoms with Crippen LogP contribution in [0.15, 0.2) is 41.3 Å². The number of halogens is 4. The Morgan fingerprint density at radius 1 is 1.04 bits per heavy atom. The summed E-state index contributed by atoms with van der Waals surface area (Å²) in [4.78, 5) is -0.0557. The number of sulfonamides is 1. The summed E-state index contributed by atoms with van der Waals surface area (Å²) in [6.45, 7) is -0.248. The molecule has 2 aromatic rings. The maximum atomic E-state index is 13.3. The van der Waals surface area contributed by atoms with Crippen LogP contribution in [-0.2, 0) is 10.0 Å². The van der Waals surface area contributed by atoms with Gasteiger partial charge in [-0.3, -0.25) is 0 Å². The second-order valence-corrected chi connectivity index (χ2v) is 6.98. The van der Waals surface area contributed by atoms with E-state index in [-0.39, 0.29) is 33.8 Å². The molecule has 0 heterocycles. The summed E-state index contributed by atoms with van der Waals surface area (Å²) in [5.74, 6) is -1.76. The maximum Gasteiger partial charge on any atom is 0.240 e. The molecule has 0 atom stereocenters. The van der Waals surface area contributed by atoms with Crippen LogP contribution in [0.25, 0.3) is 0 Å². The molecule has 2 rings (SSSR count). The fraction of sp³-hybridized carbons (Fsp3) is 0.143. The third-order valence-electron chi connectivity index (χ3n) is 2.75. The molecule has 0 aliphatic rings. The molecular formula is C14H11Cl2F2NO3S. The average Bonchev–Trinajstić information content (AvgIpc) is 2.48. The van der Waals surface area contributed by atoms with Crippen molar-refractivity contribution >= 4 is 33.2 Å². The van der Waals surface area contributed by atoms with Gasteiger partial charge in [0.2, 0.25) is 10.0 Å². The van der Waals surface area contributed by atoms with Crippen LogP contribution in [0.1, 0.15) is 0 Å². The Bertz CT molecular complexity index is 816. The first-order chi connectivity index (χ1) is 10.8. The van der Waals surface area contributed by atoms with Crippen molar-refractivity contribution in [1.82, 2.24) is 4.72 Å². The molecule has 0 radical (unpaired) electrons. The zero-order chi connectivity index (χ0) is 17.0. The first kappa shape index (κ1) is 17.9. The molecule has 2 aromatic carbocycles. The van der Waals surface area contributed by atoms with E-state index in [0.717, 1.165) is 12.1 Å². The van der Waals surface area contributed by atoms with Crippen molar-refractivity contribution < 1.29 is 21.9 Å². The summed E-state index contributed by atoms with van der Waals surface area (Å²) in [6.07, 6.45) is 0. The van der Waals surface area contributed by atoms with Gasteiger partial charge in [-0.15, -0.1) is 0 Å². The zero-order valence-electron chi connectivity index (χ0n) is 11.5. The lowest BCUT2D eigenvalue weighted by Crippen LogP contribution is -2.28. The molecule has 0 bridgehead atoms. The predicted molar refractivity (Wildman–Crippen MR) is 83.5 cm³/mol. The van der Waals surface area contributed by atoms with Crippen molar-refractivity contribution in [2.24, 2.45) is 0 Å². The molecule has 0 saturated heterocycles. The second kappa shape index (κ2) is 7.44. The van der Waals surface area contributed by atoms with Gasteiger partial charge >= 0.3 is 0 Å². The molecule has 124 valence electrons. The van der Waals surface area contributed by atoms with E-state index in [1.54, 1.807) is 0 Å². The third kappa shape index (κ3) is 4.78. The van der Waals surface area contributed by atoms with E-state index < -0.39 is 21.7 Å². The smallest absolute Gasteiger partial charge is 0.240 e. The van der Waals surface area contributed by atoms with Crippen LogP contribution in [0.2, 0.25) is 10.0 Å². The summed E-state index contributed by atoms with van der Waals surface area (Å²) in [5, 5.41) is 0.347.